The van der Waals surface area contributed by atoms with Crippen LogP contribution in [0.25, 0.3) is 142 Å². The highest BCUT2D eigenvalue weighted by Gasteiger charge is 2.31. The van der Waals surface area contributed by atoms with Gasteiger partial charge in [0.2, 0.25) is 0 Å². The second kappa shape index (κ2) is 53.9. The van der Waals surface area contributed by atoms with Crippen LogP contribution in [-0.4, -0.2) is 33.3 Å². The second-order valence-electron chi connectivity index (χ2n) is 41.2. The molecule has 14 rings (SSSR count). The van der Waals surface area contributed by atoms with Crippen LogP contribution in [-0.2, 0) is 22.6 Å². The zero-order valence-electron chi connectivity index (χ0n) is 83.8. The molecule has 0 fully saturated rings. The highest BCUT2D eigenvalue weighted by Crippen LogP contribution is 2.55. The number of aromatic nitrogens is 2. The number of benzene rings is 12. The maximum Gasteiger partial charge on any atom is 0.338 e. The molecule has 0 bridgehead atoms. The topological polar surface area (TPSA) is 62.5 Å². The molecule has 0 spiro atoms. The third-order valence-electron chi connectivity index (χ3n) is 31.0. The Hall–Kier alpha value is -8.22. The summed E-state index contributed by atoms with van der Waals surface area (Å²) in [5, 5.41) is 21.3. The molecule has 0 amide bonds. The van der Waals surface area contributed by atoms with Crippen molar-refractivity contribution >= 4 is 120 Å². The Kier molecular flexibility index (Phi) is 40.7. The van der Waals surface area contributed by atoms with Crippen molar-refractivity contribution in [2.45, 2.75) is 465 Å². The molecule has 2 aromatic heterocycles. The van der Waals surface area contributed by atoms with Gasteiger partial charge in [-0.25, -0.2) is 9.59 Å². The first kappa shape index (κ1) is 99.7. The molecule has 6 heteroatoms. The third-order valence-corrected chi connectivity index (χ3v) is 31.0. The second-order valence-corrected chi connectivity index (χ2v) is 41.2. The van der Waals surface area contributed by atoms with Gasteiger partial charge in [0.15, 0.2) is 0 Å². The number of unbranched alkanes of at least 4 members (excludes halogenated alkanes) is 52. The van der Waals surface area contributed by atoms with Gasteiger partial charge < -0.3 is 18.6 Å². The molecule has 0 saturated heterocycles. The molecule has 0 aliphatic rings. The summed E-state index contributed by atoms with van der Waals surface area (Å²) >= 11 is 0. The maximum absolute atomic E-state index is 14.6. The SMILES string of the molecule is CCCCCCCCCCCCCC(CCCCCCCCCC)OC(=O)c1ccc(-c2cc3c4c5c2cccc5c2cccc5c(-c6cc7c8c9c6cccc9c6cccc9c(-c%10ccc(C(=O)OC(CCCCCCCCCC)CCCCCCCCCCCCC)cc%10)cc(c8c96)n7CCCCCCCCCCCC)cc(c4c52)n3CCCCCCCCCCCC)cc1. The van der Waals surface area contributed by atoms with Crippen molar-refractivity contribution in [3.8, 4) is 33.4 Å². The summed E-state index contributed by atoms with van der Waals surface area (Å²) in [5.41, 5.74) is 13.9. The lowest BCUT2D eigenvalue weighted by molar-refractivity contribution is 0.0239. The van der Waals surface area contributed by atoms with E-state index >= 15 is 0 Å². The van der Waals surface area contributed by atoms with Gasteiger partial charge in [-0.2, -0.15) is 0 Å². The molecular weight excluding hydrogens is 1610 g/mol. The Morgan fingerprint density at radius 1 is 0.212 bits per heavy atom. The number of carbonyl (C=O) groups is 2. The molecule has 0 N–H and O–H groups in total. The summed E-state index contributed by atoms with van der Waals surface area (Å²) < 4.78 is 18.8. The molecule has 132 heavy (non-hydrogen) atoms. The number of fused-ring (bicyclic) bond motifs is 2. The van der Waals surface area contributed by atoms with E-state index in [1.54, 1.807) is 0 Å². The number of hydrogen-bond donors (Lipinski definition) is 0. The van der Waals surface area contributed by atoms with Crippen molar-refractivity contribution in [1.29, 1.82) is 0 Å². The first-order chi connectivity index (χ1) is 65.3. The molecule has 2 atom stereocenters. The molecule has 12 aromatic carbocycles. The van der Waals surface area contributed by atoms with Crippen molar-refractivity contribution in [3.05, 3.63) is 157 Å². The molecule has 0 saturated carbocycles. The van der Waals surface area contributed by atoms with Crippen LogP contribution in [0.15, 0.2) is 146 Å². The van der Waals surface area contributed by atoms with E-state index < -0.39 is 0 Å². The van der Waals surface area contributed by atoms with E-state index in [4.69, 9.17) is 9.47 Å². The fourth-order valence-electron chi connectivity index (χ4n) is 23.4. The van der Waals surface area contributed by atoms with Crippen LogP contribution < -0.4 is 0 Å². The van der Waals surface area contributed by atoms with Gasteiger partial charge in [-0.05, 0) is 189 Å². The van der Waals surface area contributed by atoms with Gasteiger partial charge in [0.25, 0.3) is 0 Å². The average molecular weight is 1780 g/mol. The maximum atomic E-state index is 14.6. The minimum absolute atomic E-state index is 0.0549. The molecular formula is C126H172N2O4. The van der Waals surface area contributed by atoms with Gasteiger partial charge in [0, 0.05) is 56.2 Å². The largest absolute Gasteiger partial charge is 0.459 e. The molecule has 0 radical (unpaired) electrons. The van der Waals surface area contributed by atoms with E-state index in [1.807, 2.05) is 0 Å². The van der Waals surface area contributed by atoms with Crippen LogP contribution in [0.5, 0.6) is 0 Å². The Morgan fingerprint density at radius 2 is 0.402 bits per heavy atom. The summed E-state index contributed by atoms with van der Waals surface area (Å²) in [6.07, 6.45) is 78.8. The number of rotatable bonds is 71. The van der Waals surface area contributed by atoms with Gasteiger partial charge in [-0.15, -0.1) is 0 Å². The van der Waals surface area contributed by atoms with Gasteiger partial charge >= 0.3 is 11.9 Å². The van der Waals surface area contributed by atoms with Crippen molar-refractivity contribution in [2.24, 2.45) is 0 Å². The zero-order valence-corrected chi connectivity index (χ0v) is 83.8. The molecule has 0 aliphatic heterocycles. The van der Waals surface area contributed by atoms with E-state index in [1.165, 1.54) is 464 Å². The van der Waals surface area contributed by atoms with Crippen LogP contribution in [0.1, 0.15) is 460 Å². The van der Waals surface area contributed by atoms with E-state index in [0.717, 1.165) is 88.4 Å². The Labute approximate surface area is 798 Å². The first-order valence-corrected chi connectivity index (χ1v) is 55.9. The predicted octanol–water partition coefficient (Wildman–Crippen LogP) is 40.9. The van der Waals surface area contributed by atoms with Crippen molar-refractivity contribution in [1.82, 2.24) is 9.13 Å². The quantitative estimate of drug-likeness (QED) is 0.0165. The van der Waals surface area contributed by atoms with Gasteiger partial charge in [0.05, 0.1) is 33.2 Å². The van der Waals surface area contributed by atoms with Crippen LogP contribution in [0.2, 0.25) is 0 Å². The Bertz CT molecular complexity index is 5320. The average Bonchev–Trinajstić information content (AvgIpc) is 1.50. The smallest absolute Gasteiger partial charge is 0.338 e. The molecule has 2 heterocycles. The third kappa shape index (κ3) is 25.9. The lowest BCUT2D eigenvalue weighted by Crippen LogP contribution is -2.18. The van der Waals surface area contributed by atoms with E-state index in [2.05, 4.69) is 196 Å². The van der Waals surface area contributed by atoms with E-state index in [9.17, 15) is 9.59 Å². The van der Waals surface area contributed by atoms with Crippen LogP contribution in [0, 0.1) is 0 Å². The van der Waals surface area contributed by atoms with Gasteiger partial charge in [-0.1, -0.05) is 472 Å². The van der Waals surface area contributed by atoms with Gasteiger partial charge in [0.1, 0.15) is 12.2 Å². The molecule has 2 unspecified atom stereocenters. The summed E-state index contributed by atoms with van der Waals surface area (Å²) in [4.78, 5) is 29.2. The first-order valence-electron chi connectivity index (χ1n) is 55.9. The molecule has 14 aromatic rings. The number of aryl methyl sites for hydroxylation is 2. The van der Waals surface area contributed by atoms with Crippen LogP contribution >= 0.6 is 0 Å². The molecule has 6 nitrogen and oxygen atoms in total. The van der Waals surface area contributed by atoms with Crippen molar-refractivity contribution < 1.29 is 19.1 Å². The lowest BCUT2D eigenvalue weighted by atomic mass is 9.83. The Balaban J connectivity index is 0.813. The van der Waals surface area contributed by atoms with Gasteiger partial charge in [-0.3, -0.25) is 0 Å². The number of esters is 2. The summed E-state index contributed by atoms with van der Waals surface area (Å²) in [6.45, 7) is 15.7. The number of nitrogens with zero attached hydrogens (tertiary/aromatic N) is 2. The van der Waals surface area contributed by atoms with E-state index in [0.29, 0.717) is 11.1 Å². The highest BCUT2D eigenvalue weighted by molar-refractivity contribution is 6.45. The molecule has 710 valence electrons. The standard InChI is InChI=1S/C126H172N2O4/c1-7-13-19-25-31-37-41-43-49-55-61-71-99(69-59-53-47-35-29-23-17-11-5)131-125(129)97-85-81-95(82-86-97)109-91-113-121-117-101(73-65-77-105(109)117)103-75-67-79-107-111(93-115(123(121)119(103)107)127(113)89-63-57-51-45-39-33-27-21-15-9-3)112-94-116-124-120-104(76-68-80-108(112)120)102-74-66-78-106-110(92-114(122(124)118(102)106)128(116)90-64-58-52-46-40-34-28-22-16-10-4)96-83-87-98(88-84-96)126(130)132-100(70-60-54-48-36-30-24-18-12-6)72-62-56-50-44-42-38-32-26-20-14-8-2/h65-68,73-88,91-94,99-100H,7-64,69-72,89-90H2,1-6H3. The van der Waals surface area contributed by atoms with Crippen LogP contribution in [0.4, 0.5) is 0 Å². The van der Waals surface area contributed by atoms with Crippen molar-refractivity contribution in [3.63, 3.8) is 0 Å². The Morgan fingerprint density at radius 3 is 0.629 bits per heavy atom. The fourth-order valence-corrected chi connectivity index (χ4v) is 23.4. The summed E-state index contributed by atoms with van der Waals surface area (Å²) in [5.74, 6) is -0.358. The number of ether oxygens (including phenoxy) is 2. The van der Waals surface area contributed by atoms with E-state index in [-0.39, 0.29) is 24.1 Å². The number of carbonyl (C=O) groups excluding carboxylic acids is 2. The fraction of sp³-hybridized carbons (Fsp3) is 0.571. The monoisotopic (exact) mass is 1780 g/mol. The molecule has 0 aliphatic carbocycles. The highest BCUT2D eigenvalue weighted by atomic mass is 16.5. The summed E-state index contributed by atoms with van der Waals surface area (Å²) in [7, 11) is 0. The lowest BCUT2D eigenvalue weighted by Gasteiger charge is -2.20. The normalized spacial score (nSPS) is 12.7. The van der Waals surface area contributed by atoms with Crippen molar-refractivity contribution in [2.75, 3.05) is 0 Å². The zero-order chi connectivity index (χ0) is 91.3. The minimum atomic E-state index is -0.179. The minimum Gasteiger partial charge on any atom is -0.459 e. The predicted molar refractivity (Wildman–Crippen MR) is 577 cm³/mol. The van der Waals surface area contributed by atoms with Crippen LogP contribution in [0.3, 0.4) is 0 Å². The number of hydrogen-bond acceptors (Lipinski definition) is 4. The summed E-state index contributed by atoms with van der Waals surface area (Å²) in [6, 6.07) is 56.2.